The molecule has 0 heterocycles. The zero-order valence-electron chi connectivity index (χ0n) is 13.3. The van der Waals surface area contributed by atoms with E-state index in [1.165, 1.54) is 12.8 Å². The van der Waals surface area contributed by atoms with E-state index in [0.717, 1.165) is 23.6 Å². The minimum absolute atomic E-state index is 0.106. The minimum Gasteiger partial charge on any atom is -0.352 e. The van der Waals surface area contributed by atoms with Crippen molar-refractivity contribution in [2.75, 3.05) is 0 Å². The van der Waals surface area contributed by atoms with Gasteiger partial charge in [-0.1, -0.05) is 49.2 Å². The smallest absolute Gasteiger partial charge is 0.252 e. The van der Waals surface area contributed by atoms with Gasteiger partial charge in [0.05, 0.1) is 0 Å². The third-order valence-electron chi connectivity index (χ3n) is 4.48. The zero-order chi connectivity index (χ0) is 16.2. The number of fused-ring (bicyclic) bond motifs is 1. The van der Waals surface area contributed by atoms with Crippen LogP contribution in [0.15, 0.2) is 42.5 Å². The summed E-state index contributed by atoms with van der Waals surface area (Å²) in [4.78, 5) is 24.7. The van der Waals surface area contributed by atoms with Crippen LogP contribution in [0.4, 0.5) is 0 Å². The largest absolute Gasteiger partial charge is 0.352 e. The predicted molar refractivity (Wildman–Crippen MR) is 91.3 cm³/mol. The van der Waals surface area contributed by atoms with Crippen molar-refractivity contribution in [2.45, 2.75) is 44.7 Å². The fourth-order valence-electron chi connectivity index (χ4n) is 3.16. The Labute approximate surface area is 136 Å². The summed E-state index contributed by atoms with van der Waals surface area (Å²) in [6.45, 7) is 1.73. The molecule has 1 saturated carbocycles. The molecule has 23 heavy (non-hydrogen) atoms. The maximum absolute atomic E-state index is 12.5. The summed E-state index contributed by atoms with van der Waals surface area (Å²) in [7, 11) is 0. The van der Waals surface area contributed by atoms with Crippen molar-refractivity contribution in [3.05, 3.63) is 48.0 Å². The zero-order valence-corrected chi connectivity index (χ0v) is 13.3. The average molecular weight is 310 g/mol. The number of nitrogens with one attached hydrogen (secondary N) is 2. The second kappa shape index (κ2) is 6.82. The molecule has 4 nitrogen and oxygen atoms in total. The van der Waals surface area contributed by atoms with Crippen LogP contribution in [0.3, 0.4) is 0 Å². The first-order valence-corrected chi connectivity index (χ1v) is 8.24. The number of benzene rings is 2. The lowest BCUT2D eigenvalue weighted by molar-refractivity contribution is -0.123. The fraction of sp³-hybridized carbons (Fsp3) is 0.368. The van der Waals surface area contributed by atoms with Crippen LogP contribution < -0.4 is 10.6 Å². The van der Waals surface area contributed by atoms with Crippen LogP contribution in [0.25, 0.3) is 10.8 Å². The molecule has 1 aliphatic rings. The van der Waals surface area contributed by atoms with Crippen molar-refractivity contribution < 1.29 is 9.59 Å². The molecule has 2 amide bonds. The Morgan fingerprint density at radius 2 is 1.74 bits per heavy atom. The van der Waals surface area contributed by atoms with Crippen LogP contribution in [0.5, 0.6) is 0 Å². The Morgan fingerprint density at radius 1 is 1.04 bits per heavy atom. The molecule has 0 aliphatic heterocycles. The molecule has 2 aromatic rings. The standard InChI is InChI=1S/C19H22N2O2/c1-13(18(22)21-15-9-3-4-10-15)20-19(23)17-12-6-8-14-7-2-5-11-16(14)17/h2,5-8,11-13,15H,3-4,9-10H2,1H3,(H,20,23)(H,21,22). The molecule has 1 aliphatic carbocycles. The first-order valence-electron chi connectivity index (χ1n) is 8.24. The lowest BCUT2D eigenvalue weighted by atomic mass is 10.0. The quantitative estimate of drug-likeness (QED) is 0.912. The molecule has 3 rings (SSSR count). The van der Waals surface area contributed by atoms with Gasteiger partial charge < -0.3 is 10.6 Å². The highest BCUT2D eigenvalue weighted by Gasteiger charge is 2.22. The highest BCUT2D eigenvalue weighted by Crippen LogP contribution is 2.19. The Hall–Kier alpha value is -2.36. The minimum atomic E-state index is -0.540. The second-order valence-corrected chi connectivity index (χ2v) is 6.21. The van der Waals surface area contributed by atoms with Gasteiger partial charge in [0.25, 0.3) is 5.91 Å². The molecule has 1 fully saturated rings. The predicted octanol–water partition coefficient (Wildman–Crippen LogP) is 3.02. The average Bonchev–Trinajstić information content (AvgIpc) is 3.07. The van der Waals surface area contributed by atoms with Crippen LogP contribution in [0.2, 0.25) is 0 Å². The molecular formula is C19H22N2O2. The summed E-state index contributed by atoms with van der Waals surface area (Å²) in [5, 5.41) is 7.75. The Balaban J connectivity index is 1.69. The van der Waals surface area contributed by atoms with Gasteiger partial charge in [-0.3, -0.25) is 9.59 Å². The summed E-state index contributed by atoms with van der Waals surface area (Å²) >= 11 is 0. The second-order valence-electron chi connectivity index (χ2n) is 6.21. The van der Waals surface area contributed by atoms with Gasteiger partial charge >= 0.3 is 0 Å². The van der Waals surface area contributed by atoms with Crippen molar-refractivity contribution in [2.24, 2.45) is 0 Å². The number of carbonyl (C=O) groups excluding carboxylic acids is 2. The van der Waals surface area contributed by atoms with Gasteiger partial charge in [-0.15, -0.1) is 0 Å². The van der Waals surface area contributed by atoms with Crippen molar-refractivity contribution in [1.29, 1.82) is 0 Å². The van der Waals surface area contributed by atoms with Crippen LogP contribution >= 0.6 is 0 Å². The lowest BCUT2D eigenvalue weighted by Crippen LogP contribution is -2.47. The molecule has 1 atom stereocenters. The molecule has 0 aromatic heterocycles. The van der Waals surface area contributed by atoms with Gasteiger partial charge in [0, 0.05) is 11.6 Å². The van der Waals surface area contributed by atoms with Crippen LogP contribution in [-0.2, 0) is 4.79 Å². The highest BCUT2D eigenvalue weighted by molar-refractivity contribution is 6.08. The molecule has 0 saturated heterocycles. The summed E-state index contributed by atoms with van der Waals surface area (Å²) in [5.74, 6) is -0.318. The maximum atomic E-state index is 12.5. The summed E-state index contributed by atoms with van der Waals surface area (Å²) < 4.78 is 0. The third kappa shape index (κ3) is 3.52. The molecule has 0 bridgehead atoms. The topological polar surface area (TPSA) is 58.2 Å². The van der Waals surface area contributed by atoms with Crippen LogP contribution in [-0.4, -0.2) is 23.9 Å². The third-order valence-corrected chi connectivity index (χ3v) is 4.48. The van der Waals surface area contributed by atoms with Gasteiger partial charge in [-0.25, -0.2) is 0 Å². The molecule has 4 heteroatoms. The molecule has 1 unspecified atom stereocenters. The van der Waals surface area contributed by atoms with Crippen LogP contribution in [0.1, 0.15) is 43.0 Å². The van der Waals surface area contributed by atoms with E-state index in [2.05, 4.69) is 10.6 Å². The first-order chi connectivity index (χ1) is 11.1. The van der Waals surface area contributed by atoms with Crippen molar-refractivity contribution >= 4 is 22.6 Å². The number of amides is 2. The lowest BCUT2D eigenvalue weighted by Gasteiger charge is -2.18. The maximum Gasteiger partial charge on any atom is 0.252 e. The fourth-order valence-corrected chi connectivity index (χ4v) is 3.16. The van der Waals surface area contributed by atoms with Gasteiger partial charge in [-0.05, 0) is 36.6 Å². The molecule has 120 valence electrons. The normalized spacial score (nSPS) is 16.2. The van der Waals surface area contributed by atoms with Gasteiger partial charge in [0.2, 0.25) is 5.91 Å². The van der Waals surface area contributed by atoms with Crippen LogP contribution in [0, 0.1) is 0 Å². The van der Waals surface area contributed by atoms with Crippen molar-refractivity contribution in [3.8, 4) is 0 Å². The summed E-state index contributed by atoms with van der Waals surface area (Å²) in [6, 6.07) is 13.1. The van der Waals surface area contributed by atoms with E-state index in [0.29, 0.717) is 5.56 Å². The van der Waals surface area contributed by atoms with E-state index >= 15 is 0 Å². The molecule has 2 N–H and O–H groups in total. The van der Waals surface area contributed by atoms with E-state index in [4.69, 9.17) is 0 Å². The van der Waals surface area contributed by atoms with Crippen molar-refractivity contribution in [3.63, 3.8) is 0 Å². The molecular weight excluding hydrogens is 288 g/mol. The van der Waals surface area contributed by atoms with Gasteiger partial charge in [0.1, 0.15) is 6.04 Å². The molecule has 2 aromatic carbocycles. The monoisotopic (exact) mass is 310 g/mol. The number of rotatable bonds is 4. The molecule has 0 radical (unpaired) electrons. The van der Waals surface area contributed by atoms with E-state index in [1.54, 1.807) is 13.0 Å². The van der Waals surface area contributed by atoms with E-state index in [9.17, 15) is 9.59 Å². The number of hydrogen-bond donors (Lipinski definition) is 2. The number of carbonyl (C=O) groups is 2. The van der Waals surface area contributed by atoms with Crippen molar-refractivity contribution in [1.82, 2.24) is 10.6 Å². The Bertz CT molecular complexity index is 715. The van der Waals surface area contributed by atoms with Gasteiger partial charge in [0.15, 0.2) is 0 Å². The number of hydrogen-bond acceptors (Lipinski definition) is 2. The van der Waals surface area contributed by atoms with E-state index in [-0.39, 0.29) is 17.9 Å². The molecule has 0 spiro atoms. The summed E-state index contributed by atoms with van der Waals surface area (Å²) in [6.07, 6.45) is 4.41. The first kappa shape index (κ1) is 15.5. The van der Waals surface area contributed by atoms with E-state index in [1.807, 2.05) is 36.4 Å². The Morgan fingerprint density at radius 3 is 2.52 bits per heavy atom. The highest BCUT2D eigenvalue weighted by atomic mass is 16.2. The van der Waals surface area contributed by atoms with Gasteiger partial charge in [-0.2, -0.15) is 0 Å². The SMILES string of the molecule is CC(NC(=O)c1cccc2ccccc12)C(=O)NC1CCCC1. The van der Waals surface area contributed by atoms with E-state index < -0.39 is 6.04 Å². The Kier molecular flexibility index (Phi) is 4.60. The summed E-state index contributed by atoms with van der Waals surface area (Å²) in [5.41, 5.74) is 0.601.